The molecule has 3 rings (SSSR count). The first-order chi connectivity index (χ1) is 10.00. The van der Waals surface area contributed by atoms with E-state index in [-0.39, 0.29) is 17.7 Å². The second kappa shape index (κ2) is 5.54. The quantitative estimate of drug-likeness (QED) is 0.804. The van der Waals surface area contributed by atoms with Crippen molar-refractivity contribution in [3.8, 4) is 0 Å². The maximum Gasteiger partial charge on any atom is 0.243 e. The van der Waals surface area contributed by atoms with Crippen LogP contribution in [0.2, 0.25) is 0 Å². The smallest absolute Gasteiger partial charge is 0.243 e. The second-order valence-electron chi connectivity index (χ2n) is 6.12. The van der Waals surface area contributed by atoms with E-state index in [0.717, 1.165) is 32.1 Å². The molecular formula is C16H21NO3S. The zero-order valence-electron chi connectivity index (χ0n) is 12.3. The average molecular weight is 307 g/mol. The summed E-state index contributed by atoms with van der Waals surface area (Å²) in [5.41, 5.74) is 0.628. The van der Waals surface area contributed by atoms with E-state index in [4.69, 9.17) is 0 Å². The Morgan fingerprint density at radius 1 is 1.10 bits per heavy atom. The Morgan fingerprint density at radius 3 is 2.33 bits per heavy atom. The first-order valence-corrected chi connectivity index (χ1v) is 9.10. The summed E-state index contributed by atoms with van der Waals surface area (Å²) in [6, 6.07) is 6.51. The molecule has 0 aromatic heterocycles. The molecule has 0 radical (unpaired) electrons. The Morgan fingerprint density at radius 2 is 1.76 bits per heavy atom. The molecule has 1 atom stereocenters. The predicted octanol–water partition coefficient (Wildman–Crippen LogP) is 2.84. The monoisotopic (exact) mass is 307 g/mol. The topological polar surface area (TPSA) is 54.5 Å². The molecule has 2 aliphatic rings. The van der Waals surface area contributed by atoms with Gasteiger partial charge in [0, 0.05) is 24.1 Å². The van der Waals surface area contributed by atoms with Crippen molar-refractivity contribution in [2.45, 2.75) is 50.0 Å². The Kier molecular flexibility index (Phi) is 3.88. The normalized spacial score (nSPS) is 24.0. The fraction of sp³-hybridized carbons (Fsp3) is 0.562. The van der Waals surface area contributed by atoms with Crippen molar-refractivity contribution in [1.29, 1.82) is 0 Å². The number of sulfonamides is 1. The summed E-state index contributed by atoms with van der Waals surface area (Å²) in [4.78, 5) is 12.3. The molecule has 0 amide bonds. The summed E-state index contributed by atoms with van der Waals surface area (Å²) >= 11 is 0. The van der Waals surface area contributed by atoms with Gasteiger partial charge in [-0.15, -0.1) is 0 Å². The summed E-state index contributed by atoms with van der Waals surface area (Å²) in [5.74, 6) is 0.305. The fourth-order valence-electron chi connectivity index (χ4n) is 2.94. The van der Waals surface area contributed by atoms with Gasteiger partial charge < -0.3 is 0 Å². The molecule has 114 valence electrons. The van der Waals surface area contributed by atoms with Gasteiger partial charge in [-0.05, 0) is 44.7 Å². The maximum absolute atomic E-state index is 12.7. The lowest BCUT2D eigenvalue weighted by molar-refractivity contribution is 0.0967. The zero-order valence-corrected chi connectivity index (χ0v) is 13.1. The van der Waals surface area contributed by atoms with Crippen molar-refractivity contribution in [2.75, 3.05) is 6.54 Å². The van der Waals surface area contributed by atoms with Crippen LogP contribution in [-0.2, 0) is 10.0 Å². The molecule has 1 saturated heterocycles. The van der Waals surface area contributed by atoms with Crippen molar-refractivity contribution >= 4 is 15.8 Å². The first-order valence-electron chi connectivity index (χ1n) is 7.66. The number of ketones is 1. The summed E-state index contributed by atoms with van der Waals surface area (Å²) in [5, 5.41) is 0. The van der Waals surface area contributed by atoms with Crippen LogP contribution in [0.15, 0.2) is 29.2 Å². The third kappa shape index (κ3) is 2.90. The molecular weight excluding hydrogens is 286 g/mol. The number of carbonyl (C=O) groups excluding carboxylic acids is 1. The van der Waals surface area contributed by atoms with Crippen molar-refractivity contribution in [1.82, 2.24) is 4.31 Å². The number of hydrogen-bond acceptors (Lipinski definition) is 3. The van der Waals surface area contributed by atoms with E-state index in [9.17, 15) is 13.2 Å². The number of benzene rings is 1. The van der Waals surface area contributed by atoms with E-state index in [1.165, 1.54) is 0 Å². The molecule has 1 heterocycles. The van der Waals surface area contributed by atoms with Gasteiger partial charge in [0.05, 0.1) is 4.90 Å². The van der Waals surface area contributed by atoms with Crippen molar-refractivity contribution < 1.29 is 13.2 Å². The van der Waals surface area contributed by atoms with Crippen LogP contribution < -0.4 is 0 Å². The van der Waals surface area contributed by atoms with Crippen LogP contribution in [0.4, 0.5) is 0 Å². The van der Waals surface area contributed by atoms with Crippen LogP contribution in [0.1, 0.15) is 49.4 Å². The second-order valence-corrected chi connectivity index (χ2v) is 8.01. The van der Waals surface area contributed by atoms with Gasteiger partial charge in [-0.2, -0.15) is 4.31 Å². The number of hydrogen-bond donors (Lipinski definition) is 0. The van der Waals surface area contributed by atoms with Crippen LogP contribution in [-0.4, -0.2) is 31.1 Å². The van der Waals surface area contributed by atoms with Crippen molar-refractivity contribution in [3.63, 3.8) is 0 Å². The fourth-order valence-corrected chi connectivity index (χ4v) is 4.64. The highest BCUT2D eigenvalue weighted by molar-refractivity contribution is 7.89. The number of Topliss-reactive ketones (excluding diaryl/α,β-unsaturated/α-hetero) is 1. The van der Waals surface area contributed by atoms with Crippen molar-refractivity contribution in [2.24, 2.45) is 5.92 Å². The third-order valence-corrected chi connectivity index (χ3v) is 6.46. The van der Waals surface area contributed by atoms with E-state index in [1.807, 2.05) is 6.92 Å². The molecule has 4 nitrogen and oxygen atoms in total. The lowest BCUT2D eigenvalue weighted by Crippen LogP contribution is -2.41. The highest BCUT2D eigenvalue weighted by atomic mass is 32.2. The van der Waals surface area contributed by atoms with Crippen LogP contribution in [0.5, 0.6) is 0 Å². The number of piperidine rings is 1. The van der Waals surface area contributed by atoms with Crippen LogP contribution in [0.3, 0.4) is 0 Å². The molecule has 1 aliphatic heterocycles. The predicted molar refractivity (Wildman–Crippen MR) is 80.7 cm³/mol. The van der Waals surface area contributed by atoms with Crippen LogP contribution >= 0.6 is 0 Å². The summed E-state index contributed by atoms with van der Waals surface area (Å²) in [6.45, 7) is 2.55. The number of carbonyl (C=O) groups is 1. The molecule has 1 saturated carbocycles. The van der Waals surface area contributed by atoms with E-state index in [1.54, 1.807) is 28.6 Å². The molecule has 1 aromatic carbocycles. The molecule has 1 aromatic rings. The maximum atomic E-state index is 12.7. The number of nitrogens with zero attached hydrogens (tertiary/aromatic N) is 1. The van der Waals surface area contributed by atoms with Crippen LogP contribution in [0, 0.1) is 5.92 Å². The first kappa shape index (κ1) is 14.7. The summed E-state index contributed by atoms with van der Waals surface area (Å²) in [7, 11) is -3.44. The van der Waals surface area contributed by atoms with E-state index >= 15 is 0 Å². The lowest BCUT2D eigenvalue weighted by Gasteiger charge is -2.32. The number of rotatable bonds is 4. The van der Waals surface area contributed by atoms with Gasteiger partial charge in [-0.25, -0.2) is 8.42 Å². The van der Waals surface area contributed by atoms with E-state index < -0.39 is 10.0 Å². The Hall–Kier alpha value is -1.20. The molecule has 2 fully saturated rings. The molecule has 1 unspecified atom stereocenters. The van der Waals surface area contributed by atoms with Gasteiger partial charge >= 0.3 is 0 Å². The van der Waals surface area contributed by atoms with Gasteiger partial charge in [0.15, 0.2) is 5.78 Å². The molecule has 0 spiro atoms. The van der Waals surface area contributed by atoms with Gasteiger partial charge in [-0.1, -0.05) is 18.6 Å². The van der Waals surface area contributed by atoms with E-state index in [0.29, 0.717) is 17.0 Å². The third-order valence-electron chi connectivity index (χ3n) is 4.44. The largest absolute Gasteiger partial charge is 0.294 e. The van der Waals surface area contributed by atoms with Gasteiger partial charge in [0.2, 0.25) is 10.0 Å². The molecule has 0 N–H and O–H groups in total. The standard InChI is InChI=1S/C16H21NO3S/c1-12-4-2-3-11-17(12)21(19,20)15-9-7-14(8-10-15)16(18)13-5-6-13/h7-10,12-13H,2-6,11H2,1H3. The molecule has 1 aliphatic carbocycles. The highest BCUT2D eigenvalue weighted by Gasteiger charge is 2.32. The SMILES string of the molecule is CC1CCCCN1S(=O)(=O)c1ccc(C(=O)C2CC2)cc1. The Bertz CT molecular complexity index is 632. The average Bonchev–Trinajstić information content (AvgIpc) is 3.31. The van der Waals surface area contributed by atoms with E-state index in [2.05, 4.69) is 0 Å². The Balaban J connectivity index is 1.83. The van der Waals surface area contributed by atoms with Crippen LogP contribution in [0.25, 0.3) is 0 Å². The van der Waals surface area contributed by atoms with Gasteiger partial charge in [0.25, 0.3) is 0 Å². The summed E-state index contributed by atoms with van der Waals surface area (Å²) < 4.78 is 26.9. The highest BCUT2D eigenvalue weighted by Crippen LogP contribution is 2.33. The molecule has 0 bridgehead atoms. The molecule has 21 heavy (non-hydrogen) atoms. The van der Waals surface area contributed by atoms with Gasteiger partial charge in [-0.3, -0.25) is 4.79 Å². The molecule has 5 heteroatoms. The minimum atomic E-state index is -3.44. The van der Waals surface area contributed by atoms with Crippen molar-refractivity contribution in [3.05, 3.63) is 29.8 Å². The zero-order chi connectivity index (χ0) is 15.0. The van der Waals surface area contributed by atoms with Gasteiger partial charge in [0.1, 0.15) is 0 Å². The summed E-state index contributed by atoms with van der Waals surface area (Å²) in [6.07, 6.45) is 4.84. The minimum absolute atomic E-state index is 0.0523. The minimum Gasteiger partial charge on any atom is -0.294 e. The lowest BCUT2D eigenvalue weighted by atomic mass is 10.1. The Labute approximate surface area is 126 Å².